The number of sulfone groups is 2. The molecule has 0 radical (unpaired) electrons. The maximum atomic E-state index is 14.2. The van der Waals surface area contributed by atoms with E-state index in [2.05, 4.69) is 32.5 Å². The molecule has 0 aliphatic heterocycles. The predicted octanol–water partition coefficient (Wildman–Crippen LogP) is 10.9. The SMILES string of the molecule is CCCCCCCOc1ccc(S(=O)(=O)C(=[N+]=[N-])S(=O)(=O)c2ccc(OCCCCCCC)cc2OCCCCCCC)c(OCCCCCCC)c1. The Labute approximate surface area is 320 Å². The molecule has 0 saturated carbocycles. The van der Waals surface area contributed by atoms with Gasteiger partial charge in [0.05, 0.1) is 26.4 Å². The van der Waals surface area contributed by atoms with E-state index in [-0.39, 0.29) is 24.7 Å². The van der Waals surface area contributed by atoms with Gasteiger partial charge in [0.2, 0.25) is 0 Å². The van der Waals surface area contributed by atoms with E-state index in [4.69, 9.17) is 18.9 Å². The Hall–Kier alpha value is -3.08. The highest BCUT2D eigenvalue weighted by Crippen LogP contribution is 2.35. The molecule has 53 heavy (non-hydrogen) atoms. The maximum absolute atomic E-state index is 14.2. The summed E-state index contributed by atoms with van der Waals surface area (Å²) in [7, 11) is -9.87. The van der Waals surface area contributed by atoms with Gasteiger partial charge >= 0.3 is 4.38 Å². The second-order valence-electron chi connectivity index (χ2n) is 13.6. The van der Waals surface area contributed by atoms with Crippen molar-refractivity contribution < 1.29 is 40.6 Å². The van der Waals surface area contributed by atoms with Crippen LogP contribution < -0.4 is 18.9 Å². The molecule has 0 fully saturated rings. The molecule has 0 saturated heterocycles. The third kappa shape index (κ3) is 16.4. The molecule has 12 heteroatoms. The van der Waals surface area contributed by atoms with Gasteiger partial charge in [-0.25, -0.2) is 16.8 Å². The van der Waals surface area contributed by atoms with Crippen molar-refractivity contribution in [3.8, 4) is 23.0 Å². The molecule has 300 valence electrons. The Morgan fingerprint density at radius 2 is 0.774 bits per heavy atom. The number of hydrogen-bond acceptors (Lipinski definition) is 8. The van der Waals surface area contributed by atoms with Crippen molar-refractivity contribution in [1.82, 2.24) is 0 Å². The molecule has 0 atom stereocenters. The van der Waals surface area contributed by atoms with Crippen LogP contribution in [0.15, 0.2) is 46.2 Å². The Morgan fingerprint density at radius 3 is 1.08 bits per heavy atom. The molecule has 0 aromatic heterocycles. The summed E-state index contributed by atoms with van der Waals surface area (Å²) in [5, 5.41) is 0. The van der Waals surface area contributed by atoms with Crippen molar-refractivity contribution in [2.45, 2.75) is 166 Å². The molecule has 0 aliphatic carbocycles. The lowest BCUT2D eigenvalue weighted by Crippen LogP contribution is -2.27. The number of hydrogen-bond donors (Lipinski definition) is 0. The summed E-state index contributed by atoms with van der Waals surface area (Å²) >= 11 is 0. The average Bonchev–Trinajstić information content (AvgIpc) is 3.14. The fraction of sp³-hybridized carbons (Fsp3) is 0.683. The van der Waals surface area contributed by atoms with Gasteiger partial charge in [0.25, 0.3) is 19.7 Å². The molecule has 2 aromatic rings. The Morgan fingerprint density at radius 1 is 0.472 bits per heavy atom. The van der Waals surface area contributed by atoms with Crippen LogP contribution in [-0.4, -0.2) is 52.4 Å². The zero-order valence-electron chi connectivity index (χ0n) is 32.9. The van der Waals surface area contributed by atoms with Gasteiger partial charge in [-0.2, -0.15) is 0 Å². The number of benzene rings is 2. The number of ether oxygens (including phenoxy) is 4. The minimum atomic E-state index is -4.93. The van der Waals surface area contributed by atoms with E-state index in [1.807, 2.05) is 0 Å². The zero-order chi connectivity index (χ0) is 38.8. The normalized spacial score (nSPS) is 11.6. The zero-order valence-corrected chi connectivity index (χ0v) is 34.5. The first-order valence-electron chi connectivity index (χ1n) is 20.2. The maximum Gasteiger partial charge on any atom is 0.504 e. The monoisotopic (exact) mass is 778 g/mol. The van der Waals surface area contributed by atoms with Crippen LogP contribution in [0.25, 0.3) is 5.53 Å². The van der Waals surface area contributed by atoms with Crippen molar-refractivity contribution in [2.75, 3.05) is 26.4 Å². The van der Waals surface area contributed by atoms with Crippen LogP contribution in [0.1, 0.15) is 156 Å². The lowest BCUT2D eigenvalue weighted by atomic mass is 10.2. The highest BCUT2D eigenvalue weighted by atomic mass is 32.3. The molecule has 0 spiro atoms. The van der Waals surface area contributed by atoms with Crippen LogP contribution in [0, 0.1) is 0 Å². The molecular weight excluding hydrogens is 713 g/mol. The standard InChI is InChI=1S/C41H66N2O8S2/c1-5-9-13-17-21-29-48-35-25-27-39(37(33-35)50-31-23-19-15-11-7-3)52(44,45)41(43-42)53(46,47)40-28-26-36(49-30-22-18-14-10-6-2)34-38(40)51-32-24-20-16-12-8-4/h25-28,33-34H,5-24,29-32H2,1-4H3. The van der Waals surface area contributed by atoms with Crippen LogP contribution >= 0.6 is 0 Å². The van der Waals surface area contributed by atoms with Gasteiger partial charge < -0.3 is 24.5 Å². The molecule has 0 aliphatic rings. The summed E-state index contributed by atoms with van der Waals surface area (Å²) < 4.78 is 79.1. The summed E-state index contributed by atoms with van der Waals surface area (Å²) in [6.45, 7) is 9.90. The molecular formula is C41H66N2O8S2. The lowest BCUT2D eigenvalue weighted by molar-refractivity contribution is 0.00377. The first-order chi connectivity index (χ1) is 25.7. The lowest BCUT2D eigenvalue weighted by Gasteiger charge is -2.15. The fourth-order valence-electron chi connectivity index (χ4n) is 5.83. The molecule has 0 N–H and O–H groups in total. The molecule has 2 rings (SSSR count). The van der Waals surface area contributed by atoms with E-state index >= 15 is 0 Å². The van der Waals surface area contributed by atoms with Crippen LogP contribution in [0.4, 0.5) is 0 Å². The summed E-state index contributed by atoms with van der Waals surface area (Å²) in [5.74, 6) is 0.681. The van der Waals surface area contributed by atoms with Gasteiger partial charge in [0, 0.05) is 12.1 Å². The second kappa shape index (κ2) is 26.7. The summed E-state index contributed by atoms with van der Waals surface area (Å²) in [5.41, 5.74) is 10.1. The molecule has 0 unspecified atom stereocenters. The van der Waals surface area contributed by atoms with Crippen molar-refractivity contribution in [2.24, 2.45) is 0 Å². The predicted molar refractivity (Wildman–Crippen MR) is 213 cm³/mol. The largest absolute Gasteiger partial charge is 0.504 e. The Kier molecular flexibility index (Phi) is 23.2. The first-order valence-corrected chi connectivity index (χ1v) is 23.1. The Bertz CT molecular complexity index is 1480. The van der Waals surface area contributed by atoms with E-state index in [1.54, 1.807) is 0 Å². The molecule has 0 heterocycles. The summed E-state index contributed by atoms with van der Waals surface area (Å²) in [6.07, 6.45) is 20.1. The van der Waals surface area contributed by atoms with Crippen molar-refractivity contribution >= 4 is 24.1 Å². The summed E-state index contributed by atoms with van der Waals surface area (Å²) in [6, 6.07) is 8.37. The minimum Gasteiger partial charge on any atom is -0.493 e. The fourth-order valence-corrected chi connectivity index (χ4v) is 9.38. The highest BCUT2D eigenvalue weighted by molar-refractivity contribution is 8.31. The van der Waals surface area contributed by atoms with Crippen molar-refractivity contribution in [1.29, 1.82) is 0 Å². The van der Waals surface area contributed by atoms with Crippen LogP contribution in [0.5, 0.6) is 23.0 Å². The van der Waals surface area contributed by atoms with E-state index in [1.165, 1.54) is 36.4 Å². The van der Waals surface area contributed by atoms with Gasteiger partial charge in [-0.15, -0.1) is 4.79 Å². The Balaban J connectivity index is 2.43. The quantitative estimate of drug-likeness (QED) is 0.0251. The van der Waals surface area contributed by atoms with E-state index in [0.717, 1.165) is 116 Å². The molecule has 10 nitrogen and oxygen atoms in total. The van der Waals surface area contributed by atoms with Crippen molar-refractivity contribution in [3.05, 3.63) is 41.9 Å². The highest BCUT2D eigenvalue weighted by Gasteiger charge is 2.47. The summed E-state index contributed by atoms with van der Waals surface area (Å²) in [4.78, 5) is 2.05. The topological polar surface area (TPSA) is 142 Å². The van der Waals surface area contributed by atoms with Gasteiger partial charge in [-0.05, 0) is 49.9 Å². The number of nitrogens with zero attached hydrogens (tertiary/aromatic N) is 2. The first kappa shape index (κ1) is 46.1. The third-order valence-corrected chi connectivity index (χ3v) is 13.2. The molecule has 0 amide bonds. The molecule has 0 bridgehead atoms. The van der Waals surface area contributed by atoms with Gasteiger partial charge in [0.1, 0.15) is 32.8 Å². The molecule has 2 aromatic carbocycles. The van der Waals surface area contributed by atoms with Crippen molar-refractivity contribution in [3.63, 3.8) is 0 Å². The third-order valence-electron chi connectivity index (χ3n) is 8.99. The van der Waals surface area contributed by atoms with Gasteiger partial charge in [-0.1, -0.05) is 130 Å². The van der Waals surface area contributed by atoms with Gasteiger partial charge in [-0.3, -0.25) is 0 Å². The van der Waals surface area contributed by atoms with E-state index < -0.39 is 33.8 Å². The van der Waals surface area contributed by atoms with Crippen LogP contribution in [0.2, 0.25) is 0 Å². The van der Waals surface area contributed by atoms with E-state index in [0.29, 0.717) is 37.6 Å². The van der Waals surface area contributed by atoms with Crippen LogP contribution in [0.3, 0.4) is 0 Å². The van der Waals surface area contributed by atoms with Crippen LogP contribution in [-0.2, 0) is 19.7 Å². The number of unbranched alkanes of at least 4 members (excludes halogenated alkanes) is 16. The average molecular weight is 779 g/mol. The van der Waals surface area contributed by atoms with E-state index in [9.17, 15) is 22.4 Å². The minimum absolute atomic E-state index is 0.0634. The number of rotatable bonds is 30. The smallest absolute Gasteiger partial charge is 0.493 e. The second-order valence-corrected chi connectivity index (χ2v) is 17.6. The van der Waals surface area contributed by atoms with Gasteiger partial charge in [0.15, 0.2) is 0 Å².